The summed E-state index contributed by atoms with van der Waals surface area (Å²) in [4.78, 5) is 0. The molecule has 0 radical (unpaired) electrons. The van der Waals surface area contributed by atoms with Crippen molar-refractivity contribution in [2.24, 2.45) is 5.92 Å². The number of hydrogen-bond donors (Lipinski definition) is 0. The second-order valence-electron chi connectivity index (χ2n) is 6.56. The first-order valence-electron chi connectivity index (χ1n) is 8.66. The van der Waals surface area contributed by atoms with Gasteiger partial charge < -0.3 is 0 Å². The third-order valence-electron chi connectivity index (χ3n) is 4.98. The Hall–Kier alpha value is -0.920. The lowest BCUT2D eigenvalue weighted by Crippen LogP contribution is -2.14. The molecule has 1 saturated carbocycles. The molecule has 1 aromatic rings. The number of halogens is 2. The first-order chi connectivity index (χ1) is 10.2. The largest absolute Gasteiger partial charge is 0.204 e. The second-order valence-corrected chi connectivity index (χ2v) is 6.56. The predicted molar refractivity (Wildman–Crippen MR) is 84.4 cm³/mol. The van der Waals surface area contributed by atoms with Crippen molar-refractivity contribution < 1.29 is 8.78 Å². The van der Waals surface area contributed by atoms with E-state index in [0.29, 0.717) is 5.56 Å². The van der Waals surface area contributed by atoms with E-state index in [-0.39, 0.29) is 5.92 Å². The van der Waals surface area contributed by atoms with Gasteiger partial charge in [-0.3, -0.25) is 0 Å². The van der Waals surface area contributed by atoms with Crippen LogP contribution in [0.2, 0.25) is 0 Å². The maximum atomic E-state index is 13.8. The Morgan fingerprint density at radius 3 is 2.38 bits per heavy atom. The smallest absolute Gasteiger partial charge is 0.162 e. The fourth-order valence-corrected chi connectivity index (χ4v) is 3.63. The predicted octanol–water partition coefficient (Wildman–Crippen LogP) is 6.60. The van der Waals surface area contributed by atoms with E-state index < -0.39 is 11.6 Å². The Balaban J connectivity index is 1.74. The zero-order valence-corrected chi connectivity index (χ0v) is 13.2. The molecule has 0 amide bonds. The fourth-order valence-electron chi connectivity index (χ4n) is 3.63. The van der Waals surface area contributed by atoms with Gasteiger partial charge in [0.25, 0.3) is 0 Å². The van der Waals surface area contributed by atoms with Crippen molar-refractivity contribution in [1.82, 2.24) is 0 Å². The highest BCUT2D eigenvalue weighted by molar-refractivity contribution is 5.23. The summed E-state index contributed by atoms with van der Waals surface area (Å²) >= 11 is 0. The van der Waals surface area contributed by atoms with Gasteiger partial charge in [-0.05, 0) is 49.1 Å². The number of hydrogen-bond acceptors (Lipinski definition) is 0. The number of rotatable bonds is 7. The summed E-state index contributed by atoms with van der Waals surface area (Å²) in [7, 11) is 0. The van der Waals surface area contributed by atoms with Crippen molar-refractivity contribution in [1.29, 1.82) is 0 Å². The van der Waals surface area contributed by atoms with Crippen LogP contribution in [0.1, 0.15) is 82.6 Å². The summed E-state index contributed by atoms with van der Waals surface area (Å²) < 4.78 is 27.1. The van der Waals surface area contributed by atoms with Crippen molar-refractivity contribution in [3.63, 3.8) is 0 Å². The standard InChI is InChI=1S/C19H28F2/c1-2-3-4-5-6-8-15-11-13-16(14-12-15)17-9-7-10-18(20)19(17)21/h7,9-10,15-16H,2-6,8,11-14H2,1H3. The zero-order chi connectivity index (χ0) is 15.1. The van der Waals surface area contributed by atoms with Gasteiger partial charge in [0.2, 0.25) is 0 Å². The molecule has 0 heterocycles. The summed E-state index contributed by atoms with van der Waals surface area (Å²) in [5.41, 5.74) is 0.594. The lowest BCUT2D eigenvalue weighted by atomic mass is 9.77. The highest BCUT2D eigenvalue weighted by Crippen LogP contribution is 2.38. The molecule has 0 spiro atoms. The van der Waals surface area contributed by atoms with Crippen molar-refractivity contribution in [2.75, 3.05) is 0 Å². The van der Waals surface area contributed by atoms with Gasteiger partial charge in [-0.1, -0.05) is 57.6 Å². The normalized spacial score (nSPS) is 22.4. The maximum absolute atomic E-state index is 13.8. The van der Waals surface area contributed by atoms with Gasteiger partial charge in [-0.25, -0.2) is 8.78 Å². The third-order valence-corrected chi connectivity index (χ3v) is 4.98. The van der Waals surface area contributed by atoms with Crippen LogP contribution in [0.4, 0.5) is 8.78 Å². The van der Waals surface area contributed by atoms with Crippen molar-refractivity contribution in [3.05, 3.63) is 35.4 Å². The van der Waals surface area contributed by atoms with E-state index in [4.69, 9.17) is 0 Å². The Bertz CT molecular complexity index is 420. The van der Waals surface area contributed by atoms with Crippen LogP contribution < -0.4 is 0 Å². The van der Waals surface area contributed by atoms with Crippen LogP contribution in [0.25, 0.3) is 0 Å². The van der Waals surface area contributed by atoms with Gasteiger partial charge in [0.05, 0.1) is 0 Å². The molecule has 0 unspecified atom stereocenters. The monoisotopic (exact) mass is 294 g/mol. The van der Waals surface area contributed by atoms with Gasteiger partial charge in [0, 0.05) is 0 Å². The van der Waals surface area contributed by atoms with Crippen LogP contribution in [-0.2, 0) is 0 Å². The quantitative estimate of drug-likeness (QED) is 0.497. The third kappa shape index (κ3) is 4.79. The molecular formula is C19H28F2. The van der Waals surface area contributed by atoms with Gasteiger partial charge in [-0.2, -0.15) is 0 Å². The molecule has 0 aliphatic heterocycles. The topological polar surface area (TPSA) is 0 Å². The molecule has 0 nitrogen and oxygen atoms in total. The van der Waals surface area contributed by atoms with E-state index in [1.54, 1.807) is 12.1 Å². The Morgan fingerprint density at radius 1 is 0.952 bits per heavy atom. The van der Waals surface area contributed by atoms with Crippen LogP contribution in [0.3, 0.4) is 0 Å². The molecule has 0 aromatic heterocycles. The van der Waals surface area contributed by atoms with Crippen LogP contribution >= 0.6 is 0 Å². The number of benzene rings is 1. The van der Waals surface area contributed by atoms with E-state index in [0.717, 1.165) is 18.8 Å². The van der Waals surface area contributed by atoms with E-state index in [1.165, 1.54) is 57.4 Å². The second kappa shape index (κ2) is 8.51. The minimum absolute atomic E-state index is 0.219. The average Bonchev–Trinajstić information content (AvgIpc) is 2.51. The molecule has 2 rings (SSSR count). The van der Waals surface area contributed by atoms with Crippen molar-refractivity contribution >= 4 is 0 Å². The summed E-state index contributed by atoms with van der Waals surface area (Å²) in [5.74, 6) is -0.303. The maximum Gasteiger partial charge on any atom is 0.162 e. The van der Waals surface area contributed by atoms with Crippen LogP contribution in [-0.4, -0.2) is 0 Å². The molecular weight excluding hydrogens is 266 g/mol. The summed E-state index contributed by atoms with van der Waals surface area (Å²) in [5, 5.41) is 0. The summed E-state index contributed by atoms with van der Waals surface area (Å²) in [6.45, 7) is 2.24. The van der Waals surface area contributed by atoms with Crippen molar-refractivity contribution in [2.45, 2.75) is 77.0 Å². The average molecular weight is 294 g/mol. The molecule has 0 bridgehead atoms. The molecule has 1 aliphatic rings. The van der Waals surface area contributed by atoms with E-state index in [9.17, 15) is 8.78 Å². The van der Waals surface area contributed by atoms with Crippen LogP contribution in [0.15, 0.2) is 18.2 Å². The number of unbranched alkanes of at least 4 members (excludes halogenated alkanes) is 4. The fraction of sp³-hybridized carbons (Fsp3) is 0.684. The molecule has 0 atom stereocenters. The SMILES string of the molecule is CCCCCCCC1CCC(c2cccc(F)c2F)CC1. The van der Waals surface area contributed by atoms with Crippen LogP contribution in [0, 0.1) is 17.6 Å². The van der Waals surface area contributed by atoms with E-state index >= 15 is 0 Å². The highest BCUT2D eigenvalue weighted by Gasteiger charge is 2.24. The molecule has 1 aliphatic carbocycles. The van der Waals surface area contributed by atoms with Crippen LogP contribution in [0.5, 0.6) is 0 Å². The molecule has 2 heteroatoms. The lowest BCUT2D eigenvalue weighted by Gasteiger charge is -2.29. The summed E-state index contributed by atoms with van der Waals surface area (Å²) in [6, 6.07) is 4.60. The molecule has 0 saturated heterocycles. The molecule has 1 aromatic carbocycles. The molecule has 1 fully saturated rings. The molecule has 118 valence electrons. The first kappa shape index (κ1) is 16.5. The molecule has 0 N–H and O–H groups in total. The minimum Gasteiger partial charge on any atom is -0.204 e. The van der Waals surface area contributed by atoms with Gasteiger partial charge in [0.1, 0.15) is 0 Å². The van der Waals surface area contributed by atoms with Crippen molar-refractivity contribution in [3.8, 4) is 0 Å². The minimum atomic E-state index is -0.703. The Morgan fingerprint density at radius 2 is 1.67 bits per heavy atom. The Kier molecular flexibility index (Phi) is 6.66. The first-order valence-corrected chi connectivity index (χ1v) is 8.66. The lowest BCUT2D eigenvalue weighted by molar-refractivity contribution is 0.297. The van der Waals surface area contributed by atoms with Gasteiger partial charge in [-0.15, -0.1) is 0 Å². The zero-order valence-electron chi connectivity index (χ0n) is 13.2. The Labute approximate surface area is 128 Å². The van der Waals surface area contributed by atoms with Gasteiger partial charge >= 0.3 is 0 Å². The van der Waals surface area contributed by atoms with E-state index in [1.807, 2.05) is 0 Å². The van der Waals surface area contributed by atoms with Gasteiger partial charge in [0.15, 0.2) is 11.6 Å². The highest BCUT2D eigenvalue weighted by atomic mass is 19.2. The summed E-state index contributed by atoms with van der Waals surface area (Å²) in [6.07, 6.45) is 12.4. The van der Waals surface area contributed by atoms with E-state index in [2.05, 4.69) is 6.92 Å². The molecule has 21 heavy (non-hydrogen) atoms.